The van der Waals surface area contributed by atoms with E-state index in [1.807, 2.05) is 0 Å². The smallest absolute Gasteiger partial charge is 0.138 e. The number of unbranched alkanes of at least 4 members (excludes halogenated alkanes) is 9. The molecule has 0 fully saturated rings. The van der Waals surface area contributed by atoms with Gasteiger partial charge in [-0.25, -0.2) is 0 Å². The second-order valence-corrected chi connectivity index (χ2v) is 6.36. The Morgan fingerprint density at radius 3 is 1.82 bits per heavy atom. The minimum absolute atomic E-state index is 0.153. The molecule has 0 aromatic rings. The van der Waals surface area contributed by atoms with Crippen molar-refractivity contribution in [2.45, 2.75) is 95.8 Å². The molecule has 0 aliphatic heterocycles. The molecule has 132 valence electrons. The third-order valence-corrected chi connectivity index (χ3v) is 4.10. The van der Waals surface area contributed by atoms with E-state index in [0.29, 0.717) is 0 Å². The third-order valence-electron chi connectivity index (χ3n) is 4.10. The first-order valence-electron chi connectivity index (χ1n) is 9.10. The Morgan fingerprint density at radius 2 is 1.32 bits per heavy atom. The number of aliphatic hydroxyl groups is 3. The van der Waals surface area contributed by atoms with Crippen LogP contribution in [-0.2, 0) is 0 Å². The molecule has 0 heterocycles. The highest BCUT2D eigenvalue weighted by Gasteiger charge is 2.13. The number of hydrogen-bond acceptors (Lipinski definition) is 3. The summed E-state index contributed by atoms with van der Waals surface area (Å²) < 4.78 is 0. The van der Waals surface area contributed by atoms with Crippen LogP contribution in [0, 0.1) is 0 Å². The monoisotopic (exact) mass is 316 g/mol. The summed E-state index contributed by atoms with van der Waals surface area (Å²) in [7, 11) is 0. The number of rotatable bonds is 15. The molecule has 4 nitrogen and oxygen atoms in total. The Hall–Kier alpha value is -0.420. The topological polar surface area (TPSA) is 88.3 Å². The summed E-state index contributed by atoms with van der Waals surface area (Å²) in [6.07, 6.45) is 15.5. The maximum Gasteiger partial charge on any atom is 0.138 e. The molecule has 4 heteroatoms. The summed E-state index contributed by atoms with van der Waals surface area (Å²) in [4.78, 5) is 0. The van der Waals surface area contributed by atoms with E-state index >= 15 is 0 Å². The van der Waals surface area contributed by atoms with Gasteiger partial charge in [0.05, 0.1) is 12.7 Å². The van der Waals surface area contributed by atoms with Gasteiger partial charge in [-0.1, -0.05) is 83.3 Å². The van der Waals surface area contributed by atoms with Crippen LogP contribution in [0.4, 0.5) is 0 Å². The molecule has 22 heavy (non-hydrogen) atoms. The number of hydrogen-bond donors (Lipinski definition) is 4. The van der Waals surface area contributed by atoms with Crippen LogP contribution >= 0.6 is 0 Å². The Bertz CT molecular complexity index is 259. The Balaban J connectivity index is 3.42. The molecule has 0 rings (SSSR count). The fourth-order valence-corrected chi connectivity index (χ4v) is 2.44. The summed E-state index contributed by atoms with van der Waals surface area (Å²) in [5, 5.41) is 28.2. The average molecular weight is 317 g/mol. The van der Waals surface area contributed by atoms with Gasteiger partial charge >= 0.3 is 0 Å². The Morgan fingerprint density at radius 1 is 0.818 bits per heavy atom. The molecule has 0 bridgehead atoms. The van der Waals surface area contributed by atoms with E-state index in [-0.39, 0.29) is 6.61 Å². The third kappa shape index (κ3) is 13.3. The van der Waals surface area contributed by atoms with Crippen LogP contribution in [0.2, 0.25) is 0 Å². The number of quaternary nitrogens is 1. The normalized spacial score (nSPS) is 16.0. The SMILES string of the molecule is CCCCCCCCCCCC[C@@H](O)/C=C/[C@@H](O)[C@@H]([NH3+])CO. The molecule has 0 aliphatic carbocycles. The molecule has 0 aliphatic rings. The van der Waals surface area contributed by atoms with Crippen LogP contribution in [0.15, 0.2) is 12.2 Å². The lowest BCUT2D eigenvalue weighted by Crippen LogP contribution is -2.67. The second kappa shape index (κ2) is 15.5. The van der Waals surface area contributed by atoms with Gasteiger partial charge in [0.2, 0.25) is 0 Å². The van der Waals surface area contributed by atoms with Crippen molar-refractivity contribution in [3.8, 4) is 0 Å². The molecular formula is C18H38NO3+. The van der Waals surface area contributed by atoms with Crippen molar-refractivity contribution in [1.29, 1.82) is 0 Å². The Labute approximate surface area is 136 Å². The summed E-state index contributed by atoms with van der Waals surface area (Å²) in [6, 6.07) is -0.430. The van der Waals surface area contributed by atoms with E-state index in [2.05, 4.69) is 12.7 Å². The lowest BCUT2D eigenvalue weighted by Gasteiger charge is -2.10. The minimum atomic E-state index is -0.785. The fourth-order valence-electron chi connectivity index (χ4n) is 2.44. The first-order valence-corrected chi connectivity index (χ1v) is 9.10. The van der Waals surface area contributed by atoms with E-state index in [9.17, 15) is 10.2 Å². The zero-order valence-electron chi connectivity index (χ0n) is 14.4. The first kappa shape index (κ1) is 21.6. The van der Waals surface area contributed by atoms with Crippen LogP contribution < -0.4 is 5.73 Å². The van der Waals surface area contributed by atoms with Crippen molar-refractivity contribution < 1.29 is 21.1 Å². The van der Waals surface area contributed by atoms with Gasteiger partial charge in [0.1, 0.15) is 12.1 Å². The first-order chi connectivity index (χ1) is 10.6. The maximum atomic E-state index is 9.79. The summed E-state index contributed by atoms with van der Waals surface area (Å²) in [6.45, 7) is 2.09. The summed E-state index contributed by atoms with van der Waals surface area (Å²) in [5.41, 5.74) is 3.63. The highest BCUT2D eigenvalue weighted by Crippen LogP contribution is 2.12. The molecule has 0 saturated carbocycles. The molecule has 0 unspecified atom stereocenters. The van der Waals surface area contributed by atoms with Crippen molar-refractivity contribution in [2.24, 2.45) is 0 Å². The van der Waals surface area contributed by atoms with Crippen LogP contribution in [0.1, 0.15) is 77.6 Å². The fraction of sp³-hybridized carbons (Fsp3) is 0.889. The summed E-state index contributed by atoms with van der Waals surface area (Å²) >= 11 is 0. The quantitative estimate of drug-likeness (QED) is 0.276. The molecule has 0 spiro atoms. The zero-order chi connectivity index (χ0) is 16.6. The van der Waals surface area contributed by atoms with E-state index < -0.39 is 18.2 Å². The predicted octanol–water partition coefficient (Wildman–Crippen LogP) is 2.18. The van der Waals surface area contributed by atoms with Gasteiger partial charge in [0.15, 0.2) is 0 Å². The highest BCUT2D eigenvalue weighted by atomic mass is 16.3. The lowest BCUT2D eigenvalue weighted by atomic mass is 10.0. The molecule has 6 N–H and O–H groups in total. The van der Waals surface area contributed by atoms with E-state index in [1.165, 1.54) is 57.4 Å². The van der Waals surface area contributed by atoms with E-state index in [0.717, 1.165) is 19.3 Å². The highest BCUT2D eigenvalue weighted by molar-refractivity contribution is 4.95. The number of aliphatic hydroxyl groups excluding tert-OH is 3. The van der Waals surface area contributed by atoms with Gasteiger partial charge in [-0.15, -0.1) is 0 Å². The van der Waals surface area contributed by atoms with Gasteiger partial charge in [-0.05, 0) is 6.42 Å². The minimum Gasteiger partial charge on any atom is -0.390 e. The molecule has 0 amide bonds. The van der Waals surface area contributed by atoms with Crippen LogP contribution in [0.25, 0.3) is 0 Å². The van der Waals surface area contributed by atoms with Gasteiger partial charge in [-0.2, -0.15) is 0 Å². The van der Waals surface area contributed by atoms with Crippen LogP contribution in [0.5, 0.6) is 0 Å². The van der Waals surface area contributed by atoms with E-state index in [4.69, 9.17) is 5.11 Å². The molecule has 0 aromatic heterocycles. The molecule has 0 saturated heterocycles. The lowest BCUT2D eigenvalue weighted by molar-refractivity contribution is -0.438. The predicted molar refractivity (Wildman–Crippen MR) is 91.4 cm³/mol. The van der Waals surface area contributed by atoms with Gasteiger partial charge in [-0.3, -0.25) is 0 Å². The maximum absolute atomic E-state index is 9.79. The molecular weight excluding hydrogens is 278 g/mol. The van der Waals surface area contributed by atoms with Crippen molar-refractivity contribution in [1.82, 2.24) is 0 Å². The van der Waals surface area contributed by atoms with Gasteiger partial charge < -0.3 is 21.1 Å². The largest absolute Gasteiger partial charge is 0.390 e. The van der Waals surface area contributed by atoms with Crippen LogP contribution in [0.3, 0.4) is 0 Å². The van der Waals surface area contributed by atoms with Crippen molar-refractivity contribution in [3.63, 3.8) is 0 Å². The Kier molecular flexibility index (Phi) is 15.2. The summed E-state index contributed by atoms with van der Waals surface area (Å²) in [5.74, 6) is 0. The standard InChI is InChI=1S/C18H37NO3/c1-2-3-4-5-6-7-8-9-10-11-12-16(21)13-14-18(22)17(19)15-20/h13-14,16-18,20-22H,2-12,15,19H2,1H3/p+1/b14-13+/t16-,17+,18-/m1/s1. The van der Waals surface area contributed by atoms with Crippen molar-refractivity contribution in [2.75, 3.05) is 6.61 Å². The molecule has 3 atom stereocenters. The molecule has 0 aromatic carbocycles. The van der Waals surface area contributed by atoms with Crippen LogP contribution in [-0.4, -0.2) is 40.2 Å². The van der Waals surface area contributed by atoms with E-state index in [1.54, 1.807) is 6.08 Å². The van der Waals surface area contributed by atoms with Gasteiger partial charge in [0.25, 0.3) is 0 Å². The zero-order valence-corrected chi connectivity index (χ0v) is 14.4. The molecule has 0 radical (unpaired) electrons. The van der Waals surface area contributed by atoms with Gasteiger partial charge in [0, 0.05) is 0 Å². The van der Waals surface area contributed by atoms with Crippen molar-refractivity contribution in [3.05, 3.63) is 12.2 Å². The second-order valence-electron chi connectivity index (χ2n) is 6.36. The average Bonchev–Trinajstić information content (AvgIpc) is 2.53. The van der Waals surface area contributed by atoms with Crippen molar-refractivity contribution >= 4 is 0 Å².